The molecule has 0 rings (SSSR count). The number of nitrogens with two attached hydrogens (primary N) is 1. The van der Waals surface area contributed by atoms with E-state index in [1.807, 2.05) is 0 Å². The summed E-state index contributed by atoms with van der Waals surface area (Å²) in [6.07, 6.45) is 0. The van der Waals surface area contributed by atoms with E-state index in [0.717, 1.165) is 0 Å². The molecule has 3 nitrogen and oxygen atoms in total. The molecule has 0 fully saturated rings. The number of rotatable bonds is 1. The van der Waals surface area contributed by atoms with Crippen molar-refractivity contribution in [3.05, 3.63) is 0 Å². The summed E-state index contributed by atoms with van der Waals surface area (Å²) < 4.78 is 4.25. The summed E-state index contributed by atoms with van der Waals surface area (Å²) in [5.74, 6) is 0. The molecule has 7 heavy (non-hydrogen) atoms. The lowest BCUT2D eigenvalue weighted by Crippen LogP contribution is -2.02. The molecule has 0 aliphatic rings. The molecule has 0 saturated heterocycles. The molecular weight excluding hydrogens is 94.0 g/mol. The Kier molecular flexibility index (Phi) is 24.1. The normalized spacial score (nSPS) is 6.86. The van der Waals surface area contributed by atoms with Gasteiger partial charge in [0.2, 0.25) is 0 Å². The van der Waals surface area contributed by atoms with Crippen molar-refractivity contribution in [2.75, 3.05) is 27.4 Å². The maximum absolute atomic E-state index is 7.75. The van der Waals surface area contributed by atoms with Gasteiger partial charge in [-0.3, -0.25) is 0 Å². The van der Waals surface area contributed by atoms with Crippen molar-refractivity contribution in [1.82, 2.24) is 0 Å². The highest BCUT2D eigenvalue weighted by Gasteiger charge is 1.56. The molecule has 0 aliphatic heterocycles. The van der Waals surface area contributed by atoms with Crippen molar-refractivity contribution in [3.8, 4) is 0 Å². The van der Waals surface area contributed by atoms with Gasteiger partial charge < -0.3 is 15.6 Å². The molecular formula is C4H13NO2. The second-order valence-corrected chi connectivity index (χ2v) is 0.921. The summed E-state index contributed by atoms with van der Waals surface area (Å²) in [5.41, 5.74) is 4.78. The van der Waals surface area contributed by atoms with Crippen molar-refractivity contribution in [3.63, 3.8) is 0 Å². The molecule has 0 aromatic rings. The summed E-state index contributed by atoms with van der Waals surface area (Å²) in [6, 6.07) is 0. The smallest absolute Gasteiger partial charge is 0.0553 e. The zero-order chi connectivity index (χ0) is 6.12. The van der Waals surface area contributed by atoms with E-state index in [2.05, 4.69) is 4.74 Å². The minimum atomic E-state index is 0.0972. The molecule has 0 heterocycles. The molecule has 0 atom stereocenters. The van der Waals surface area contributed by atoms with Crippen LogP contribution in [0.5, 0.6) is 0 Å². The first-order chi connectivity index (χ1) is 3.33. The van der Waals surface area contributed by atoms with Gasteiger partial charge in [-0.05, 0) is 0 Å². The number of methoxy groups -OCH3 is 1. The van der Waals surface area contributed by atoms with Crippen LogP contribution in [0.2, 0.25) is 0 Å². The lowest BCUT2D eigenvalue weighted by atomic mass is 10.8. The molecule has 0 aromatic carbocycles. The molecule has 0 radical (unpaired) electrons. The van der Waals surface area contributed by atoms with E-state index < -0.39 is 0 Å². The van der Waals surface area contributed by atoms with Gasteiger partial charge in [-0.15, -0.1) is 0 Å². The Labute approximate surface area is 44.1 Å². The highest BCUT2D eigenvalue weighted by Crippen LogP contribution is 1.33. The summed E-state index contributed by atoms with van der Waals surface area (Å²) in [7, 11) is 3.25. The van der Waals surface area contributed by atoms with E-state index >= 15 is 0 Å². The number of hydrogen-bond acceptors (Lipinski definition) is 3. The van der Waals surface area contributed by atoms with Crippen LogP contribution in [0.4, 0.5) is 0 Å². The van der Waals surface area contributed by atoms with Gasteiger partial charge in [-0.2, -0.15) is 0 Å². The second-order valence-electron chi connectivity index (χ2n) is 0.921. The Hall–Kier alpha value is -0.120. The minimum absolute atomic E-state index is 0.0972. The van der Waals surface area contributed by atoms with Crippen molar-refractivity contribution in [1.29, 1.82) is 0 Å². The number of aliphatic hydroxyl groups is 1. The molecule has 3 N–H and O–H groups in total. The Morgan fingerprint density at radius 2 is 1.71 bits per heavy atom. The predicted molar refractivity (Wildman–Crippen MR) is 29.1 cm³/mol. The van der Waals surface area contributed by atoms with Crippen molar-refractivity contribution < 1.29 is 9.84 Å². The summed E-state index contributed by atoms with van der Waals surface area (Å²) in [5, 5.41) is 7.75. The van der Waals surface area contributed by atoms with Gasteiger partial charge in [-0.1, -0.05) is 0 Å². The molecule has 0 aromatic heterocycles. The fraction of sp³-hybridized carbons (Fsp3) is 1.00. The van der Waals surface area contributed by atoms with Gasteiger partial charge in [0.15, 0.2) is 0 Å². The van der Waals surface area contributed by atoms with Gasteiger partial charge in [-0.25, -0.2) is 0 Å². The third-order valence-electron chi connectivity index (χ3n) is 0.129. The molecule has 0 amide bonds. The van der Waals surface area contributed by atoms with Gasteiger partial charge >= 0.3 is 0 Å². The van der Waals surface area contributed by atoms with Crippen LogP contribution in [-0.4, -0.2) is 32.5 Å². The lowest BCUT2D eigenvalue weighted by Gasteiger charge is -1.71. The average Bonchev–Trinajstić information content (AvgIpc) is 1.69. The molecule has 0 spiro atoms. The Morgan fingerprint density at radius 3 is 1.71 bits per heavy atom. The third kappa shape index (κ3) is 114. The van der Waals surface area contributed by atoms with Gasteiger partial charge in [0, 0.05) is 20.8 Å². The summed E-state index contributed by atoms with van der Waals surface area (Å²) in [4.78, 5) is 0. The van der Waals surface area contributed by atoms with Crippen LogP contribution in [0, 0.1) is 0 Å². The van der Waals surface area contributed by atoms with Gasteiger partial charge in [0.25, 0.3) is 0 Å². The van der Waals surface area contributed by atoms with Gasteiger partial charge in [0.1, 0.15) is 0 Å². The predicted octanol–water partition coefficient (Wildman–Crippen LogP) is -0.800. The van der Waals surface area contributed by atoms with E-state index in [4.69, 9.17) is 10.8 Å². The van der Waals surface area contributed by atoms with Crippen LogP contribution in [0.15, 0.2) is 0 Å². The standard InChI is InChI=1S/C2H7NO.C2H6O/c3-1-2-4;1-3-2/h4H,1-3H2;1-2H3. The SMILES string of the molecule is COC.NCCO. The van der Waals surface area contributed by atoms with Crippen LogP contribution in [0.1, 0.15) is 0 Å². The Morgan fingerprint density at radius 1 is 1.57 bits per heavy atom. The fourth-order valence-electron chi connectivity index (χ4n) is 0. The number of ether oxygens (including phenoxy) is 1. The molecule has 0 unspecified atom stereocenters. The first-order valence-corrected chi connectivity index (χ1v) is 2.04. The van der Waals surface area contributed by atoms with Crippen LogP contribution in [-0.2, 0) is 4.74 Å². The number of hydrogen-bond donors (Lipinski definition) is 2. The largest absolute Gasteiger partial charge is 0.395 e. The highest BCUT2D eigenvalue weighted by molar-refractivity contribution is 4.17. The summed E-state index contributed by atoms with van der Waals surface area (Å²) in [6.45, 7) is 0.472. The van der Waals surface area contributed by atoms with E-state index in [1.165, 1.54) is 0 Å². The van der Waals surface area contributed by atoms with Crippen molar-refractivity contribution in [2.45, 2.75) is 0 Å². The molecule has 0 aliphatic carbocycles. The topological polar surface area (TPSA) is 55.5 Å². The van der Waals surface area contributed by atoms with Gasteiger partial charge in [0.05, 0.1) is 6.61 Å². The average molecular weight is 107 g/mol. The van der Waals surface area contributed by atoms with Crippen LogP contribution in [0.25, 0.3) is 0 Å². The van der Waals surface area contributed by atoms with Crippen molar-refractivity contribution in [2.24, 2.45) is 5.73 Å². The van der Waals surface area contributed by atoms with E-state index in [-0.39, 0.29) is 6.61 Å². The molecule has 0 saturated carbocycles. The van der Waals surface area contributed by atoms with Crippen LogP contribution < -0.4 is 5.73 Å². The maximum Gasteiger partial charge on any atom is 0.0553 e. The molecule has 46 valence electrons. The van der Waals surface area contributed by atoms with Crippen LogP contribution in [0.3, 0.4) is 0 Å². The first kappa shape index (κ1) is 9.99. The second kappa shape index (κ2) is 16.9. The zero-order valence-electron chi connectivity index (χ0n) is 4.85. The molecule has 0 bridgehead atoms. The molecule has 3 heteroatoms. The Balaban J connectivity index is 0. The number of aliphatic hydroxyl groups excluding tert-OH is 1. The maximum atomic E-state index is 7.75. The lowest BCUT2D eigenvalue weighted by molar-refractivity contribution is 0.277. The Bertz CT molecular complexity index is 17.2. The highest BCUT2D eigenvalue weighted by atomic mass is 16.4. The third-order valence-corrected chi connectivity index (χ3v) is 0.129. The summed E-state index contributed by atoms with van der Waals surface area (Å²) >= 11 is 0. The fourth-order valence-corrected chi connectivity index (χ4v) is 0. The first-order valence-electron chi connectivity index (χ1n) is 2.04. The monoisotopic (exact) mass is 107 g/mol. The van der Waals surface area contributed by atoms with E-state index in [0.29, 0.717) is 6.54 Å². The quantitative estimate of drug-likeness (QED) is 0.461. The van der Waals surface area contributed by atoms with Crippen LogP contribution >= 0.6 is 0 Å². The van der Waals surface area contributed by atoms with Crippen molar-refractivity contribution >= 4 is 0 Å². The van der Waals surface area contributed by atoms with E-state index in [9.17, 15) is 0 Å². The van der Waals surface area contributed by atoms with E-state index in [1.54, 1.807) is 14.2 Å². The minimum Gasteiger partial charge on any atom is -0.395 e. The zero-order valence-corrected chi connectivity index (χ0v) is 4.85.